The Morgan fingerprint density at radius 3 is 2.57 bits per heavy atom. The van der Waals surface area contributed by atoms with E-state index in [1.807, 2.05) is 24.3 Å². The fourth-order valence-corrected chi connectivity index (χ4v) is 1.71. The molecule has 0 saturated carbocycles. The molecule has 0 fully saturated rings. The predicted octanol–water partition coefficient (Wildman–Crippen LogP) is 3.19. The van der Waals surface area contributed by atoms with Crippen LogP contribution in [0.4, 0.5) is 0 Å². The SMILES string of the molecule is O=C(O)c1ccc2ccccc2c1Cl. The van der Waals surface area contributed by atoms with Gasteiger partial charge in [0.15, 0.2) is 0 Å². The van der Waals surface area contributed by atoms with Crippen LogP contribution in [0.1, 0.15) is 10.4 Å². The Kier molecular flexibility index (Phi) is 2.14. The molecule has 0 spiro atoms. The quantitative estimate of drug-likeness (QED) is 0.778. The minimum atomic E-state index is -0.999. The highest BCUT2D eigenvalue weighted by Gasteiger charge is 2.10. The number of benzene rings is 2. The first-order valence-corrected chi connectivity index (χ1v) is 4.48. The van der Waals surface area contributed by atoms with Crippen molar-refractivity contribution in [3.63, 3.8) is 0 Å². The number of carboxylic acid groups (broad SMARTS) is 1. The molecule has 2 nitrogen and oxygen atoms in total. The summed E-state index contributed by atoms with van der Waals surface area (Å²) in [6.45, 7) is 0. The zero-order chi connectivity index (χ0) is 10.1. The minimum absolute atomic E-state index is 0.144. The fraction of sp³-hybridized carbons (Fsp3) is 0. The summed E-state index contributed by atoms with van der Waals surface area (Å²) in [5.41, 5.74) is 0.144. The average Bonchev–Trinajstić information content (AvgIpc) is 2.18. The van der Waals surface area contributed by atoms with Gasteiger partial charge in [-0.15, -0.1) is 0 Å². The van der Waals surface area contributed by atoms with E-state index in [-0.39, 0.29) is 5.56 Å². The van der Waals surface area contributed by atoms with Gasteiger partial charge in [0.25, 0.3) is 0 Å². The maximum Gasteiger partial charge on any atom is 0.337 e. The van der Waals surface area contributed by atoms with Gasteiger partial charge in [-0.25, -0.2) is 4.79 Å². The van der Waals surface area contributed by atoms with Crippen molar-refractivity contribution in [3.8, 4) is 0 Å². The van der Waals surface area contributed by atoms with E-state index < -0.39 is 5.97 Å². The number of fused-ring (bicyclic) bond motifs is 1. The van der Waals surface area contributed by atoms with Gasteiger partial charge < -0.3 is 5.11 Å². The van der Waals surface area contributed by atoms with Gasteiger partial charge in [0, 0.05) is 5.39 Å². The molecule has 2 rings (SSSR count). The van der Waals surface area contributed by atoms with Crippen molar-refractivity contribution in [3.05, 3.63) is 47.0 Å². The van der Waals surface area contributed by atoms with Crippen LogP contribution in [0.3, 0.4) is 0 Å². The van der Waals surface area contributed by atoms with Crippen molar-refractivity contribution in [2.75, 3.05) is 0 Å². The first-order valence-electron chi connectivity index (χ1n) is 4.10. The zero-order valence-corrected chi connectivity index (χ0v) is 7.95. The summed E-state index contributed by atoms with van der Waals surface area (Å²) in [6, 6.07) is 10.7. The minimum Gasteiger partial charge on any atom is -0.478 e. The summed E-state index contributed by atoms with van der Waals surface area (Å²) in [4.78, 5) is 10.8. The van der Waals surface area contributed by atoms with E-state index in [0.29, 0.717) is 5.02 Å². The van der Waals surface area contributed by atoms with E-state index in [9.17, 15) is 4.79 Å². The van der Waals surface area contributed by atoms with Crippen LogP contribution < -0.4 is 0 Å². The number of carbonyl (C=O) groups is 1. The van der Waals surface area contributed by atoms with Gasteiger partial charge in [0.05, 0.1) is 10.6 Å². The summed E-state index contributed by atoms with van der Waals surface area (Å²) in [6.07, 6.45) is 0. The Morgan fingerprint density at radius 2 is 1.86 bits per heavy atom. The Hall–Kier alpha value is -1.54. The lowest BCUT2D eigenvalue weighted by Gasteiger charge is -2.03. The van der Waals surface area contributed by atoms with Gasteiger partial charge in [-0.1, -0.05) is 41.9 Å². The normalized spacial score (nSPS) is 10.4. The molecular weight excluding hydrogens is 200 g/mol. The van der Waals surface area contributed by atoms with Crippen molar-refractivity contribution in [1.82, 2.24) is 0 Å². The van der Waals surface area contributed by atoms with Crippen LogP contribution in [0.2, 0.25) is 5.02 Å². The molecule has 70 valence electrons. The number of rotatable bonds is 1. The van der Waals surface area contributed by atoms with Gasteiger partial charge in [0.2, 0.25) is 0 Å². The van der Waals surface area contributed by atoms with Crippen LogP contribution in [0.15, 0.2) is 36.4 Å². The molecule has 0 bridgehead atoms. The highest BCUT2D eigenvalue weighted by molar-refractivity contribution is 6.38. The van der Waals surface area contributed by atoms with Crippen LogP contribution in [0, 0.1) is 0 Å². The lowest BCUT2D eigenvalue weighted by molar-refractivity contribution is 0.0697. The number of hydrogen-bond donors (Lipinski definition) is 1. The number of halogens is 1. The fourth-order valence-electron chi connectivity index (χ4n) is 1.40. The summed E-state index contributed by atoms with van der Waals surface area (Å²) < 4.78 is 0. The van der Waals surface area contributed by atoms with Gasteiger partial charge >= 0.3 is 5.97 Å². The van der Waals surface area contributed by atoms with E-state index in [0.717, 1.165) is 10.8 Å². The molecule has 2 aromatic carbocycles. The van der Waals surface area contributed by atoms with E-state index in [1.54, 1.807) is 6.07 Å². The maximum absolute atomic E-state index is 10.8. The van der Waals surface area contributed by atoms with Gasteiger partial charge in [-0.3, -0.25) is 0 Å². The highest BCUT2D eigenvalue weighted by Crippen LogP contribution is 2.26. The van der Waals surface area contributed by atoms with Crippen molar-refractivity contribution in [2.24, 2.45) is 0 Å². The van der Waals surface area contributed by atoms with Crippen molar-refractivity contribution in [1.29, 1.82) is 0 Å². The summed E-state index contributed by atoms with van der Waals surface area (Å²) in [7, 11) is 0. The maximum atomic E-state index is 10.8. The topological polar surface area (TPSA) is 37.3 Å². The Bertz CT molecular complexity index is 506. The number of carboxylic acids is 1. The summed E-state index contributed by atoms with van der Waals surface area (Å²) in [5.74, 6) is -0.999. The van der Waals surface area contributed by atoms with Gasteiger partial charge in [0.1, 0.15) is 0 Å². The monoisotopic (exact) mass is 206 g/mol. The molecule has 0 atom stereocenters. The standard InChI is InChI=1S/C11H7ClO2/c12-10-8-4-2-1-3-7(8)5-6-9(10)11(13)14/h1-6H,(H,13,14). The van der Waals surface area contributed by atoms with E-state index in [4.69, 9.17) is 16.7 Å². The van der Waals surface area contributed by atoms with Crippen molar-refractivity contribution < 1.29 is 9.90 Å². The second kappa shape index (κ2) is 3.31. The molecule has 0 aromatic heterocycles. The van der Waals surface area contributed by atoms with E-state index in [2.05, 4.69) is 0 Å². The van der Waals surface area contributed by atoms with Crippen molar-refractivity contribution >= 4 is 28.3 Å². The molecule has 0 aliphatic heterocycles. The molecule has 0 saturated heterocycles. The molecule has 0 aliphatic rings. The average molecular weight is 207 g/mol. The third-order valence-electron chi connectivity index (χ3n) is 2.09. The van der Waals surface area contributed by atoms with Gasteiger partial charge in [-0.05, 0) is 11.5 Å². The van der Waals surface area contributed by atoms with E-state index in [1.165, 1.54) is 6.07 Å². The van der Waals surface area contributed by atoms with Crippen LogP contribution in [0.25, 0.3) is 10.8 Å². The Morgan fingerprint density at radius 1 is 1.14 bits per heavy atom. The van der Waals surface area contributed by atoms with Crippen LogP contribution in [0.5, 0.6) is 0 Å². The van der Waals surface area contributed by atoms with Crippen LogP contribution in [-0.4, -0.2) is 11.1 Å². The largest absolute Gasteiger partial charge is 0.478 e. The van der Waals surface area contributed by atoms with Gasteiger partial charge in [-0.2, -0.15) is 0 Å². The number of hydrogen-bond acceptors (Lipinski definition) is 1. The molecule has 0 unspecified atom stereocenters. The van der Waals surface area contributed by atoms with Crippen molar-refractivity contribution in [2.45, 2.75) is 0 Å². The second-order valence-corrected chi connectivity index (χ2v) is 3.33. The third kappa shape index (κ3) is 1.34. The molecule has 0 heterocycles. The molecule has 0 radical (unpaired) electrons. The molecule has 1 N–H and O–H groups in total. The molecule has 14 heavy (non-hydrogen) atoms. The molecule has 3 heteroatoms. The molecule has 2 aromatic rings. The number of aromatic carboxylic acids is 1. The third-order valence-corrected chi connectivity index (χ3v) is 2.50. The highest BCUT2D eigenvalue weighted by atomic mass is 35.5. The molecule has 0 amide bonds. The second-order valence-electron chi connectivity index (χ2n) is 2.95. The first kappa shape index (κ1) is 9.03. The Labute approximate surface area is 85.7 Å². The van der Waals surface area contributed by atoms with Crippen LogP contribution in [-0.2, 0) is 0 Å². The lowest BCUT2D eigenvalue weighted by Crippen LogP contribution is -1.97. The summed E-state index contributed by atoms with van der Waals surface area (Å²) in [5, 5.41) is 10.9. The lowest BCUT2D eigenvalue weighted by atomic mass is 10.1. The Balaban J connectivity index is 2.81. The molecule has 0 aliphatic carbocycles. The smallest absolute Gasteiger partial charge is 0.337 e. The molecular formula is C11H7ClO2. The zero-order valence-electron chi connectivity index (χ0n) is 7.20. The predicted molar refractivity (Wildman–Crippen MR) is 55.9 cm³/mol. The van der Waals surface area contributed by atoms with E-state index >= 15 is 0 Å². The summed E-state index contributed by atoms with van der Waals surface area (Å²) >= 11 is 5.96. The first-order chi connectivity index (χ1) is 6.70. The van der Waals surface area contributed by atoms with Crippen LogP contribution >= 0.6 is 11.6 Å².